The van der Waals surface area contributed by atoms with E-state index >= 15 is 0 Å². The molecule has 0 saturated carbocycles. The third-order valence-corrected chi connectivity index (χ3v) is 2.82. The number of para-hydroxylation sites is 1. The summed E-state index contributed by atoms with van der Waals surface area (Å²) in [5.41, 5.74) is -0.135. The number of phenolic OH excluding ortho intramolecular Hbond substituents is 1. The van der Waals surface area contributed by atoms with Crippen molar-refractivity contribution >= 4 is 11.0 Å². The zero-order valence-corrected chi connectivity index (χ0v) is 9.74. The van der Waals surface area contributed by atoms with Gasteiger partial charge in [0.25, 0.3) is 5.56 Å². The van der Waals surface area contributed by atoms with Crippen LogP contribution in [0.5, 0.6) is 5.75 Å². The first-order chi connectivity index (χ1) is 9.18. The van der Waals surface area contributed by atoms with Gasteiger partial charge in [-0.2, -0.15) is 0 Å². The summed E-state index contributed by atoms with van der Waals surface area (Å²) >= 11 is 0. The number of aromatic nitrogens is 1. The lowest BCUT2D eigenvalue weighted by Gasteiger charge is -2.05. The minimum Gasteiger partial charge on any atom is -0.507 e. The van der Waals surface area contributed by atoms with Gasteiger partial charge in [-0.3, -0.25) is 4.79 Å². The van der Waals surface area contributed by atoms with Crippen LogP contribution in [0.1, 0.15) is 0 Å². The van der Waals surface area contributed by atoms with E-state index in [0.717, 1.165) is 4.57 Å². The molecule has 1 heterocycles. The summed E-state index contributed by atoms with van der Waals surface area (Å²) in [6.45, 7) is 0. The van der Waals surface area contributed by atoms with Crippen LogP contribution in [-0.4, -0.2) is 9.67 Å². The van der Waals surface area contributed by atoms with Crippen LogP contribution < -0.4 is 11.3 Å². The Kier molecular flexibility index (Phi) is 2.45. The highest BCUT2D eigenvalue weighted by molar-refractivity contribution is 5.82. The quantitative estimate of drug-likeness (QED) is 0.717. The SMILES string of the molecule is O=c1oc2cccc(O)c2c(=O)n1-c1ccccc1. The van der Waals surface area contributed by atoms with Gasteiger partial charge >= 0.3 is 5.76 Å². The van der Waals surface area contributed by atoms with Gasteiger partial charge in [0.15, 0.2) is 0 Å². The molecular weight excluding hydrogens is 246 g/mol. The summed E-state index contributed by atoms with van der Waals surface area (Å²) in [6.07, 6.45) is 0. The molecule has 3 rings (SSSR count). The van der Waals surface area contributed by atoms with Gasteiger partial charge in [0, 0.05) is 0 Å². The van der Waals surface area contributed by atoms with Crippen LogP contribution in [0.4, 0.5) is 0 Å². The van der Waals surface area contributed by atoms with Crippen molar-refractivity contribution in [3.8, 4) is 11.4 Å². The van der Waals surface area contributed by atoms with Crippen molar-refractivity contribution in [1.82, 2.24) is 4.57 Å². The molecule has 0 radical (unpaired) electrons. The highest BCUT2D eigenvalue weighted by atomic mass is 16.4. The number of fused-ring (bicyclic) bond motifs is 1. The number of benzene rings is 2. The van der Waals surface area contributed by atoms with E-state index in [2.05, 4.69) is 0 Å². The third kappa shape index (κ3) is 1.72. The molecule has 5 nitrogen and oxygen atoms in total. The van der Waals surface area contributed by atoms with Gasteiger partial charge < -0.3 is 9.52 Å². The highest BCUT2D eigenvalue weighted by Crippen LogP contribution is 2.19. The zero-order valence-electron chi connectivity index (χ0n) is 9.74. The van der Waals surface area contributed by atoms with Crippen LogP contribution >= 0.6 is 0 Å². The Balaban J connectivity index is 2.49. The normalized spacial score (nSPS) is 10.7. The van der Waals surface area contributed by atoms with Crippen molar-refractivity contribution < 1.29 is 9.52 Å². The van der Waals surface area contributed by atoms with E-state index in [1.807, 2.05) is 0 Å². The number of hydrogen-bond acceptors (Lipinski definition) is 4. The molecule has 0 unspecified atom stereocenters. The lowest BCUT2D eigenvalue weighted by Crippen LogP contribution is -2.30. The molecule has 1 aromatic heterocycles. The summed E-state index contributed by atoms with van der Waals surface area (Å²) in [7, 11) is 0. The van der Waals surface area contributed by atoms with E-state index in [-0.39, 0.29) is 16.7 Å². The molecule has 0 aliphatic carbocycles. The number of phenols is 1. The third-order valence-electron chi connectivity index (χ3n) is 2.82. The zero-order chi connectivity index (χ0) is 13.4. The number of aromatic hydroxyl groups is 1. The van der Waals surface area contributed by atoms with Crippen molar-refractivity contribution in [2.75, 3.05) is 0 Å². The molecule has 1 N–H and O–H groups in total. The molecule has 5 heteroatoms. The molecule has 19 heavy (non-hydrogen) atoms. The first-order valence-electron chi connectivity index (χ1n) is 5.62. The molecule has 0 atom stereocenters. The van der Waals surface area contributed by atoms with E-state index in [9.17, 15) is 14.7 Å². The molecule has 0 amide bonds. The van der Waals surface area contributed by atoms with Crippen LogP contribution in [0.3, 0.4) is 0 Å². The van der Waals surface area contributed by atoms with E-state index in [0.29, 0.717) is 5.69 Å². The Morgan fingerprint density at radius 2 is 1.68 bits per heavy atom. The summed E-state index contributed by atoms with van der Waals surface area (Å²) in [5.74, 6) is -0.995. The van der Waals surface area contributed by atoms with E-state index in [1.165, 1.54) is 18.2 Å². The molecule has 0 fully saturated rings. The monoisotopic (exact) mass is 255 g/mol. The van der Waals surface area contributed by atoms with E-state index in [1.54, 1.807) is 30.3 Å². The molecule has 3 aromatic rings. The minimum absolute atomic E-state index is 0.00838. The van der Waals surface area contributed by atoms with Gasteiger partial charge in [-0.1, -0.05) is 24.3 Å². The predicted octanol–water partition coefficient (Wildman–Crippen LogP) is 1.65. The largest absolute Gasteiger partial charge is 0.507 e. The fourth-order valence-corrected chi connectivity index (χ4v) is 1.95. The average Bonchev–Trinajstić information content (AvgIpc) is 2.39. The minimum atomic E-state index is -0.783. The topological polar surface area (TPSA) is 72.4 Å². The fourth-order valence-electron chi connectivity index (χ4n) is 1.95. The van der Waals surface area contributed by atoms with Crippen LogP contribution in [-0.2, 0) is 0 Å². The Morgan fingerprint density at radius 3 is 2.42 bits per heavy atom. The van der Waals surface area contributed by atoms with Gasteiger partial charge in [-0.25, -0.2) is 9.36 Å². The Hall–Kier alpha value is -2.82. The molecule has 0 bridgehead atoms. The Morgan fingerprint density at radius 1 is 0.947 bits per heavy atom. The molecule has 0 aliphatic rings. The van der Waals surface area contributed by atoms with Crippen LogP contribution in [0, 0.1) is 0 Å². The Labute approximate surface area is 107 Å². The maximum atomic E-state index is 12.3. The summed E-state index contributed by atoms with van der Waals surface area (Å²) < 4.78 is 5.95. The first kappa shape index (κ1) is 11.3. The summed E-state index contributed by atoms with van der Waals surface area (Å²) in [6, 6.07) is 12.8. The molecule has 0 saturated heterocycles. The molecule has 0 spiro atoms. The lowest BCUT2D eigenvalue weighted by atomic mass is 10.2. The molecule has 0 aliphatic heterocycles. The average molecular weight is 255 g/mol. The standard InChI is InChI=1S/C14H9NO4/c16-10-7-4-8-11-12(10)13(17)15(14(18)19-11)9-5-2-1-3-6-9/h1-8,16H. The Bertz CT molecular complexity index is 862. The number of nitrogens with zero attached hydrogens (tertiary/aromatic N) is 1. The van der Waals surface area contributed by atoms with Crippen molar-refractivity contribution in [3.63, 3.8) is 0 Å². The van der Waals surface area contributed by atoms with Crippen LogP contribution in [0.25, 0.3) is 16.7 Å². The second kappa shape index (κ2) is 4.13. The number of hydrogen-bond donors (Lipinski definition) is 1. The molecule has 94 valence electrons. The van der Waals surface area contributed by atoms with Gasteiger partial charge in [0.2, 0.25) is 0 Å². The van der Waals surface area contributed by atoms with Crippen LogP contribution in [0.2, 0.25) is 0 Å². The maximum Gasteiger partial charge on any atom is 0.426 e. The number of rotatable bonds is 1. The molecule has 2 aromatic carbocycles. The van der Waals surface area contributed by atoms with Gasteiger partial charge in [0.1, 0.15) is 16.7 Å². The summed E-state index contributed by atoms with van der Waals surface area (Å²) in [4.78, 5) is 24.2. The predicted molar refractivity (Wildman–Crippen MR) is 69.7 cm³/mol. The van der Waals surface area contributed by atoms with Gasteiger partial charge in [-0.15, -0.1) is 0 Å². The second-order valence-corrected chi connectivity index (χ2v) is 3.99. The van der Waals surface area contributed by atoms with Gasteiger partial charge in [0.05, 0.1) is 5.69 Å². The molecular formula is C14H9NO4. The van der Waals surface area contributed by atoms with Crippen molar-refractivity contribution in [2.45, 2.75) is 0 Å². The van der Waals surface area contributed by atoms with Crippen molar-refractivity contribution in [3.05, 3.63) is 69.4 Å². The van der Waals surface area contributed by atoms with Gasteiger partial charge in [-0.05, 0) is 24.3 Å². The maximum absolute atomic E-state index is 12.3. The van der Waals surface area contributed by atoms with Crippen LogP contribution in [0.15, 0.2) is 62.5 Å². The smallest absolute Gasteiger partial charge is 0.426 e. The summed E-state index contributed by atoms with van der Waals surface area (Å²) in [5, 5.41) is 9.73. The van der Waals surface area contributed by atoms with Crippen molar-refractivity contribution in [1.29, 1.82) is 0 Å². The second-order valence-electron chi connectivity index (χ2n) is 3.99. The van der Waals surface area contributed by atoms with Crippen molar-refractivity contribution in [2.24, 2.45) is 0 Å². The van der Waals surface area contributed by atoms with E-state index in [4.69, 9.17) is 4.42 Å². The lowest BCUT2D eigenvalue weighted by molar-refractivity contribution is 0.471. The first-order valence-corrected chi connectivity index (χ1v) is 5.62. The fraction of sp³-hybridized carbons (Fsp3) is 0. The van der Waals surface area contributed by atoms with E-state index < -0.39 is 11.3 Å². The highest BCUT2D eigenvalue weighted by Gasteiger charge is 2.13.